The van der Waals surface area contributed by atoms with Gasteiger partial charge < -0.3 is 5.32 Å². The maximum atomic E-state index is 14.0. The summed E-state index contributed by atoms with van der Waals surface area (Å²) < 4.78 is 41.6. The second-order valence-electron chi connectivity index (χ2n) is 7.55. The number of aromatic nitrogens is 1. The molecular weight excluding hydrogens is 425 g/mol. The molecule has 0 atom stereocenters. The summed E-state index contributed by atoms with van der Waals surface area (Å²) in [5, 5.41) is 3.43. The molecule has 2 heterocycles. The first kappa shape index (κ1) is 20.9. The van der Waals surface area contributed by atoms with Gasteiger partial charge in [-0.2, -0.15) is 4.31 Å². The molecule has 3 aromatic rings. The van der Waals surface area contributed by atoms with Crippen LogP contribution < -0.4 is 5.32 Å². The van der Waals surface area contributed by atoms with Gasteiger partial charge in [-0.1, -0.05) is 29.5 Å². The Bertz CT molecular complexity index is 1220. The van der Waals surface area contributed by atoms with E-state index in [0.29, 0.717) is 18.0 Å². The van der Waals surface area contributed by atoms with Crippen LogP contribution >= 0.6 is 11.3 Å². The van der Waals surface area contributed by atoms with Gasteiger partial charge in [0.2, 0.25) is 15.9 Å². The number of thiazole rings is 1. The number of benzene rings is 2. The standard InChI is InChI=1S/C21H22FN3O3S2/c1-13-11-14(2)19-17(12-13)29-21(23-19)24-20(26)15-7-9-25(10-8-15)30(27,28)18-6-4-3-5-16(18)22/h3-6,11-12,15H,7-10H2,1-2H3,(H,23,24,26). The lowest BCUT2D eigenvalue weighted by Crippen LogP contribution is -2.41. The Kier molecular flexibility index (Phi) is 5.61. The molecule has 0 aliphatic carbocycles. The number of carbonyl (C=O) groups excluding carboxylic acids is 1. The van der Waals surface area contributed by atoms with Crippen LogP contribution in [-0.2, 0) is 14.8 Å². The first-order valence-electron chi connectivity index (χ1n) is 9.69. The lowest BCUT2D eigenvalue weighted by atomic mass is 9.97. The molecule has 0 spiro atoms. The highest BCUT2D eigenvalue weighted by Gasteiger charge is 2.33. The van der Waals surface area contributed by atoms with Gasteiger partial charge in [0.05, 0.1) is 10.2 Å². The van der Waals surface area contributed by atoms with Gasteiger partial charge >= 0.3 is 0 Å². The van der Waals surface area contributed by atoms with E-state index in [-0.39, 0.29) is 29.8 Å². The molecule has 1 aliphatic rings. The van der Waals surface area contributed by atoms with Crippen LogP contribution in [0.2, 0.25) is 0 Å². The third-order valence-electron chi connectivity index (χ3n) is 5.34. The maximum Gasteiger partial charge on any atom is 0.245 e. The summed E-state index contributed by atoms with van der Waals surface area (Å²) >= 11 is 1.43. The van der Waals surface area contributed by atoms with Crippen LogP contribution in [-0.4, -0.2) is 36.7 Å². The Morgan fingerprint density at radius 2 is 1.90 bits per heavy atom. The number of fused-ring (bicyclic) bond motifs is 1. The van der Waals surface area contributed by atoms with Crippen LogP contribution in [0.15, 0.2) is 41.3 Å². The Labute approximate surface area is 178 Å². The van der Waals surface area contributed by atoms with Crippen LogP contribution in [0.5, 0.6) is 0 Å². The largest absolute Gasteiger partial charge is 0.302 e. The van der Waals surface area contributed by atoms with Gasteiger partial charge in [0, 0.05) is 19.0 Å². The van der Waals surface area contributed by atoms with Crippen molar-refractivity contribution in [2.75, 3.05) is 18.4 Å². The highest BCUT2D eigenvalue weighted by atomic mass is 32.2. The summed E-state index contributed by atoms with van der Waals surface area (Å²) in [5.74, 6) is -1.24. The maximum absolute atomic E-state index is 14.0. The molecule has 9 heteroatoms. The minimum absolute atomic E-state index is 0.161. The molecule has 2 aromatic carbocycles. The van der Waals surface area contributed by atoms with E-state index in [4.69, 9.17) is 0 Å². The van der Waals surface area contributed by atoms with Crippen molar-refractivity contribution in [1.29, 1.82) is 0 Å². The quantitative estimate of drug-likeness (QED) is 0.653. The third kappa shape index (κ3) is 3.97. The Morgan fingerprint density at radius 1 is 1.20 bits per heavy atom. The zero-order chi connectivity index (χ0) is 21.5. The second-order valence-corrected chi connectivity index (χ2v) is 10.5. The zero-order valence-electron chi connectivity index (χ0n) is 16.7. The summed E-state index contributed by atoms with van der Waals surface area (Å²) in [4.78, 5) is 16.9. The number of hydrogen-bond donors (Lipinski definition) is 1. The highest BCUT2D eigenvalue weighted by Crippen LogP contribution is 2.31. The summed E-state index contributed by atoms with van der Waals surface area (Å²) in [6, 6.07) is 9.45. The molecule has 158 valence electrons. The van der Waals surface area contributed by atoms with E-state index in [2.05, 4.69) is 16.4 Å². The average molecular weight is 448 g/mol. The fourth-order valence-corrected chi connectivity index (χ4v) is 6.36. The van der Waals surface area contributed by atoms with E-state index in [1.165, 1.54) is 33.8 Å². The van der Waals surface area contributed by atoms with Crippen molar-refractivity contribution in [3.8, 4) is 0 Å². The number of sulfonamides is 1. The number of carbonyl (C=O) groups is 1. The van der Waals surface area contributed by atoms with Crippen molar-refractivity contribution in [2.45, 2.75) is 31.6 Å². The van der Waals surface area contributed by atoms with Gasteiger partial charge in [0.1, 0.15) is 10.7 Å². The van der Waals surface area contributed by atoms with Crippen LogP contribution in [0.3, 0.4) is 0 Å². The highest BCUT2D eigenvalue weighted by molar-refractivity contribution is 7.89. The van der Waals surface area contributed by atoms with Gasteiger partial charge in [0.15, 0.2) is 5.13 Å². The van der Waals surface area contributed by atoms with Gasteiger partial charge in [-0.15, -0.1) is 0 Å². The minimum Gasteiger partial charge on any atom is -0.302 e. The molecule has 1 fully saturated rings. The van der Waals surface area contributed by atoms with E-state index < -0.39 is 15.8 Å². The zero-order valence-corrected chi connectivity index (χ0v) is 18.3. The average Bonchev–Trinajstić information content (AvgIpc) is 3.11. The minimum atomic E-state index is -3.91. The van der Waals surface area contributed by atoms with Gasteiger partial charge in [-0.25, -0.2) is 17.8 Å². The Balaban J connectivity index is 1.42. The van der Waals surface area contributed by atoms with Gasteiger partial charge in [0.25, 0.3) is 0 Å². The van der Waals surface area contributed by atoms with Crippen LogP contribution in [0.25, 0.3) is 10.2 Å². The van der Waals surface area contributed by atoms with Gasteiger partial charge in [-0.3, -0.25) is 4.79 Å². The molecule has 6 nitrogen and oxygen atoms in total. The summed E-state index contributed by atoms with van der Waals surface area (Å²) in [7, 11) is -3.91. The molecule has 1 saturated heterocycles. The van der Waals surface area contributed by atoms with Crippen molar-refractivity contribution >= 4 is 42.6 Å². The Hall–Kier alpha value is -2.36. The summed E-state index contributed by atoms with van der Waals surface area (Å²) in [6.07, 6.45) is 0.755. The molecule has 0 radical (unpaired) electrons. The number of rotatable bonds is 4. The molecule has 0 unspecified atom stereocenters. The number of amides is 1. The second kappa shape index (κ2) is 8.05. The fraction of sp³-hybridized carbons (Fsp3) is 0.333. The van der Waals surface area contributed by atoms with E-state index in [9.17, 15) is 17.6 Å². The van der Waals surface area contributed by atoms with Crippen molar-refractivity contribution < 1.29 is 17.6 Å². The number of nitrogens with one attached hydrogen (secondary N) is 1. The molecule has 0 saturated carbocycles. The van der Waals surface area contributed by atoms with Crippen LogP contribution in [0.1, 0.15) is 24.0 Å². The molecule has 30 heavy (non-hydrogen) atoms. The summed E-state index contributed by atoms with van der Waals surface area (Å²) in [5.41, 5.74) is 3.09. The number of hydrogen-bond acceptors (Lipinski definition) is 5. The molecule has 1 amide bonds. The molecule has 4 rings (SSSR count). The first-order valence-corrected chi connectivity index (χ1v) is 11.9. The number of nitrogens with zero attached hydrogens (tertiary/aromatic N) is 2. The Morgan fingerprint density at radius 3 is 2.60 bits per heavy atom. The number of anilines is 1. The van der Waals surface area contributed by atoms with Crippen molar-refractivity contribution in [3.05, 3.63) is 53.3 Å². The number of piperidine rings is 1. The van der Waals surface area contributed by atoms with Crippen LogP contribution in [0.4, 0.5) is 9.52 Å². The normalized spacial score (nSPS) is 16.1. The SMILES string of the molecule is Cc1cc(C)c2nc(NC(=O)C3CCN(S(=O)(=O)c4ccccc4F)CC3)sc2c1. The molecule has 1 aliphatic heterocycles. The first-order chi connectivity index (χ1) is 14.3. The van der Waals surface area contributed by atoms with E-state index in [0.717, 1.165) is 27.4 Å². The van der Waals surface area contributed by atoms with Crippen molar-refractivity contribution in [2.24, 2.45) is 5.92 Å². The fourth-order valence-electron chi connectivity index (χ4n) is 3.78. The monoisotopic (exact) mass is 447 g/mol. The topological polar surface area (TPSA) is 79.4 Å². The van der Waals surface area contributed by atoms with E-state index in [1.54, 1.807) is 0 Å². The smallest absolute Gasteiger partial charge is 0.245 e. The predicted octanol–water partition coefficient (Wildman–Crippen LogP) is 4.09. The number of aryl methyl sites for hydroxylation is 2. The van der Waals surface area contributed by atoms with Crippen molar-refractivity contribution in [3.63, 3.8) is 0 Å². The van der Waals surface area contributed by atoms with Crippen molar-refractivity contribution in [1.82, 2.24) is 9.29 Å². The van der Waals surface area contributed by atoms with E-state index >= 15 is 0 Å². The number of halogens is 1. The van der Waals surface area contributed by atoms with Gasteiger partial charge in [-0.05, 0) is 56.0 Å². The lowest BCUT2D eigenvalue weighted by Gasteiger charge is -2.30. The summed E-state index contributed by atoms with van der Waals surface area (Å²) in [6.45, 7) is 4.36. The van der Waals surface area contributed by atoms with E-state index in [1.807, 2.05) is 19.9 Å². The molecule has 1 N–H and O–H groups in total. The molecule has 1 aromatic heterocycles. The predicted molar refractivity (Wildman–Crippen MR) is 116 cm³/mol. The molecular formula is C21H22FN3O3S2. The molecule has 0 bridgehead atoms. The van der Waals surface area contributed by atoms with Crippen LogP contribution in [0, 0.1) is 25.6 Å². The lowest BCUT2D eigenvalue weighted by molar-refractivity contribution is -0.120. The third-order valence-corrected chi connectivity index (χ3v) is 8.19.